The molecule has 0 aromatic carbocycles. The summed E-state index contributed by atoms with van der Waals surface area (Å²) in [5, 5.41) is 3.42. The van der Waals surface area contributed by atoms with Gasteiger partial charge in [-0.15, -0.1) is 0 Å². The summed E-state index contributed by atoms with van der Waals surface area (Å²) in [5.41, 5.74) is 1.21. The molecule has 3 nitrogen and oxygen atoms in total. The Morgan fingerprint density at radius 1 is 1.56 bits per heavy atom. The Morgan fingerprint density at radius 2 is 2.31 bits per heavy atom. The minimum atomic E-state index is 0.564. The van der Waals surface area contributed by atoms with E-state index in [-0.39, 0.29) is 0 Å². The van der Waals surface area contributed by atoms with Crippen molar-refractivity contribution in [1.29, 1.82) is 0 Å². The molecule has 1 unspecified atom stereocenters. The van der Waals surface area contributed by atoms with E-state index >= 15 is 0 Å². The van der Waals surface area contributed by atoms with Gasteiger partial charge in [-0.2, -0.15) is 0 Å². The third kappa shape index (κ3) is 2.73. The summed E-state index contributed by atoms with van der Waals surface area (Å²) < 4.78 is 0. The summed E-state index contributed by atoms with van der Waals surface area (Å²) >= 11 is 0. The fourth-order valence-corrected chi connectivity index (χ4v) is 1.90. The number of aryl methyl sites for hydroxylation is 1. The number of hydrogen-bond acceptors (Lipinski definition) is 3. The molecule has 1 aromatic rings. The van der Waals surface area contributed by atoms with Crippen molar-refractivity contribution in [3.05, 3.63) is 23.9 Å². The van der Waals surface area contributed by atoms with Crippen molar-refractivity contribution in [2.75, 3.05) is 18.9 Å². The molecule has 1 heterocycles. The topological polar surface area (TPSA) is 28.2 Å². The molecule has 2 rings (SSSR count). The summed E-state index contributed by atoms with van der Waals surface area (Å²) in [5.74, 6) is 1.01. The highest BCUT2D eigenvalue weighted by molar-refractivity contribution is 5.42. The maximum Gasteiger partial charge on any atom is 0.128 e. The predicted octanol–water partition coefficient (Wildman–Crippen LogP) is 2.28. The van der Waals surface area contributed by atoms with Crippen LogP contribution in [0.25, 0.3) is 0 Å². The molecular weight excluding hydrogens is 198 g/mol. The van der Waals surface area contributed by atoms with Crippen LogP contribution in [-0.2, 0) is 0 Å². The number of anilines is 1. The van der Waals surface area contributed by atoms with Gasteiger partial charge in [0.15, 0.2) is 0 Å². The lowest BCUT2D eigenvalue weighted by atomic mass is 10.2. The van der Waals surface area contributed by atoms with E-state index in [0.717, 1.165) is 18.4 Å². The normalized spacial score (nSPS) is 17.5. The van der Waals surface area contributed by atoms with Crippen molar-refractivity contribution in [1.82, 2.24) is 9.88 Å². The first-order valence-corrected chi connectivity index (χ1v) is 6.06. The van der Waals surface area contributed by atoms with Crippen molar-refractivity contribution in [3.63, 3.8) is 0 Å². The Hall–Kier alpha value is -1.09. The number of nitrogens with one attached hydrogen (secondary N) is 1. The van der Waals surface area contributed by atoms with Crippen molar-refractivity contribution in [2.24, 2.45) is 0 Å². The van der Waals surface area contributed by atoms with Gasteiger partial charge in [-0.3, -0.25) is 4.90 Å². The molecule has 1 aromatic heterocycles. The largest absolute Gasteiger partial charge is 0.368 e. The summed E-state index contributed by atoms with van der Waals surface area (Å²) in [4.78, 5) is 6.80. The lowest BCUT2D eigenvalue weighted by Gasteiger charge is -2.25. The van der Waals surface area contributed by atoms with E-state index in [1.807, 2.05) is 12.3 Å². The Morgan fingerprint density at radius 3 is 2.94 bits per heavy atom. The van der Waals surface area contributed by atoms with Gasteiger partial charge < -0.3 is 5.32 Å². The molecule has 16 heavy (non-hydrogen) atoms. The van der Waals surface area contributed by atoms with Crippen molar-refractivity contribution >= 4 is 5.82 Å². The maximum absolute atomic E-state index is 4.34. The summed E-state index contributed by atoms with van der Waals surface area (Å²) in [6.45, 7) is 5.32. The smallest absolute Gasteiger partial charge is 0.128 e. The van der Waals surface area contributed by atoms with Crippen LogP contribution < -0.4 is 5.32 Å². The van der Waals surface area contributed by atoms with Gasteiger partial charge in [-0.1, -0.05) is 6.07 Å². The number of aromatic nitrogens is 1. The van der Waals surface area contributed by atoms with Gasteiger partial charge in [0.25, 0.3) is 0 Å². The fraction of sp³-hybridized carbons (Fsp3) is 0.615. The number of nitrogens with zero attached hydrogens (tertiary/aromatic N) is 2. The molecule has 0 amide bonds. The molecule has 0 radical (unpaired) electrons. The number of pyridine rings is 1. The molecule has 0 saturated heterocycles. The molecule has 0 aliphatic heterocycles. The molecule has 1 fully saturated rings. The molecule has 0 spiro atoms. The molecule has 1 N–H and O–H groups in total. The fourth-order valence-electron chi connectivity index (χ4n) is 1.90. The Kier molecular flexibility index (Phi) is 3.44. The van der Waals surface area contributed by atoms with Crippen LogP contribution in [0.3, 0.4) is 0 Å². The highest BCUT2D eigenvalue weighted by Crippen LogP contribution is 2.26. The summed E-state index contributed by atoms with van der Waals surface area (Å²) in [6.07, 6.45) is 4.57. The van der Waals surface area contributed by atoms with Crippen molar-refractivity contribution in [2.45, 2.75) is 38.8 Å². The van der Waals surface area contributed by atoms with E-state index in [2.05, 4.69) is 42.2 Å². The minimum Gasteiger partial charge on any atom is -0.368 e. The standard InChI is InChI=1S/C13H21N3/c1-10-5-4-8-14-13(10)15-9-11(2)16(3)12-6-7-12/h4-5,8,11-12H,6-7,9H2,1-3H3,(H,14,15). The number of likely N-dealkylation sites (N-methyl/N-ethyl adjacent to an activating group) is 1. The Labute approximate surface area is 97.9 Å². The second-order valence-corrected chi connectivity index (χ2v) is 4.80. The van der Waals surface area contributed by atoms with E-state index in [4.69, 9.17) is 0 Å². The van der Waals surface area contributed by atoms with Gasteiger partial charge in [0.2, 0.25) is 0 Å². The first kappa shape index (κ1) is 11.4. The molecule has 1 aliphatic carbocycles. The van der Waals surface area contributed by atoms with Gasteiger partial charge in [0, 0.05) is 24.8 Å². The third-order valence-corrected chi connectivity index (χ3v) is 3.39. The SMILES string of the molecule is Cc1cccnc1NCC(C)N(C)C1CC1. The van der Waals surface area contributed by atoms with Gasteiger partial charge >= 0.3 is 0 Å². The van der Waals surface area contributed by atoms with E-state index in [0.29, 0.717) is 6.04 Å². The molecule has 1 aliphatic rings. The predicted molar refractivity (Wildman–Crippen MR) is 67.7 cm³/mol. The van der Waals surface area contributed by atoms with E-state index in [1.54, 1.807) is 0 Å². The lowest BCUT2D eigenvalue weighted by Crippen LogP contribution is -2.36. The molecule has 1 saturated carbocycles. The monoisotopic (exact) mass is 219 g/mol. The van der Waals surface area contributed by atoms with Gasteiger partial charge in [0.05, 0.1) is 0 Å². The molecule has 1 atom stereocenters. The maximum atomic E-state index is 4.34. The first-order chi connectivity index (χ1) is 7.68. The highest BCUT2D eigenvalue weighted by Gasteiger charge is 2.28. The average Bonchev–Trinajstić information content (AvgIpc) is 3.10. The zero-order chi connectivity index (χ0) is 11.5. The Bertz CT molecular complexity index is 347. The highest BCUT2D eigenvalue weighted by atomic mass is 15.2. The Balaban J connectivity index is 1.84. The third-order valence-electron chi connectivity index (χ3n) is 3.39. The van der Waals surface area contributed by atoms with Crippen LogP contribution in [0.5, 0.6) is 0 Å². The molecule has 0 bridgehead atoms. The average molecular weight is 219 g/mol. The second-order valence-electron chi connectivity index (χ2n) is 4.80. The van der Waals surface area contributed by atoms with Crippen LogP contribution >= 0.6 is 0 Å². The van der Waals surface area contributed by atoms with Gasteiger partial charge in [-0.05, 0) is 45.4 Å². The van der Waals surface area contributed by atoms with Crippen LogP contribution in [0.4, 0.5) is 5.82 Å². The summed E-state index contributed by atoms with van der Waals surface area (Å²) in [6, 6.07) is 5.45. The zero-order valence-corrected chi connectivity index (χ0v) is 10.4. The number of rotatable bonds is 5. The van der Waals surface area contributed by atoms with E-state index in [1.165, 1.54) is 18.4 Å². The second kappa shape index (κ2) is 4.83. The number of hydrogen-bond donors (Lipinski definition) is 1. The minimum absolute atomic E-state index is 0.564. The molecular formula is C13H21N3. The van der Waals surface area contributed by atoms with Crippen molar-refractivity contribution in [3.8, 4) is 0 Å². The van der Waals surface area contributed by atoms with Crippen molar-refractivity contribution < 1.29 is 0 Å². The molecule has 88 valence electrons. The van der Waals surface area contributed by atoms with Crippen LogP contribution in [0.1, 0.15) is 25.3 Å². The molecule has 3 heteroatoms. The van der Waals surface area contributed by atoms with Crippen LogP contribution in [0.2, 0.25) is 0 Å². The van der Waals surface area contributed by atoms with Crippen LogP contribution in [0.15, 0.2) is 18.3 Å². The lowest BCUT2D eigenvalue weighted by molar-refractivity contribution is 0.257. The van der Waals surface area contributed by atoms with Crippen LogP contribution in [-0.4, -0.2) is 35.6 Å². The van der Waals surface area contributed by atoms with E-state index in [9.17, 15) is 0 Å². The van der Waals surface area contributed by atoms with Gasteiger partial charge in [0.1, 0.15) is 5.82 Å². The van der Waals surface area contributed by atoms with Crippen LogP contribution in [0, 0.1) is 6.92 Å². The summed E-state index contributed by atoms with van der Waals surface area (Å²) in [7, 11) is 2.22. The van der Waals surface area contributed by atoms with Gasteiger partial charge in [-0.25, -0.2) is 4.98 Å². The zero-order valence-electron chi connectivity index (χ0n) is 10.4. The first-order valence-electron chi connectivity index (χ1n) is 6.06. The quantitative estimate of drug-likeness (QED) is 0.823. The van der Waals surface area contributed by atoms with E-state index < -0.39 is 0 Å².